The third kappa shape index (κ3) is 7.04. The first-order valence-electron chi connectivity index (χ1n) is 9.60. The van der Waals surface area contributed by atoms with Crippen molar-refractivity contribution in [2.24, 2.45) is 5.92 Å². The van der Waals surface area contributed by atoms with Gasteiger partial charge in [0.15, 0.2) is 0 Å². The second-order valence-corrected chi connectivity index (χ2v) is 7.03. The molecule has 5 nitrogen and oxygen atoms in total. The van der Waals surface area contributed by atoms with Crippen LogP contribution in [0.2, 0.25) is 0 Å². The van der Waals surface area contributed by atoms with E-state index in [4.69, 9.17) is 0 Å². The molecule has 25 heavy (non-hydrogen) atoms. The molecular formula is C20H33N3O2. The van der Waals surface area contributed by atoms with Gasteiger partial charge in [-0.15, -0.1) is 0 Å². The number of nitrogens with one attached hydrogen (secondary N) is 2. The van der Waals surface area contributed by atoms with E-state index in [0.29, 0.717) is 19.0 Å². The van der Waals surface area contributed by atoms with Crippen molar-refractivity contribution in [2.75, 3.05) is 19.6 Å². The summed E-state index contributed by atoms with van der Waals surface area (Å²) in [4.78, 5) is 14.3. The van der Waals surface area contributed by atoms with Crippen molar-refractivity contribution < 1.29 is 9.90 Å². The van der Waals surface area contributed by atoms with Crippen LogP contribution in [0.15, 0.2) is 24.3 Å². The van der Waals surface area contributed by atoms with Crippen LogP contribution in [-0.2, 0) is 13.1 Å². The smallest absolute Gasteiger partial charge is 0.315 e. The SMILES string of the molecule is CCN(CC)Cc1ccc(CNC(=O)NCC2CCCC(O)C2)cc1. The number of rotatable bonds is 8. The van der Waals surface area contributed by atoms with Crippen molar-refractivity contribution in [1.82, 2.24) is 15.5 Å². The van der Waals surface area contributed by atoms with Crippen LogP contribution >= 0.6 is 0 Å². The normalized spacial score (nSPS) is 20.5. The molecule has 140 valence electrons. The number of hydrogen-bond donors (Lipinski definition) is 3. The summed E-state index contributed by atoms with van der Waals surface area (Å²) in [7, 11) is 0. The van der Waals surface area contributed by atoms with Crippen molar-refractivity contribution in [3.8, 4) is 0 Å². The summed E-state index contributed by atoms with van der Waals surface area (Å²) in [6, 6.07) is 8.30. The van der Waals surface area contributed by atoms with Crippen LogP contribution in [0.5, 0.6) is 0 Å². The van der Waals surface area contributed by atoms with Gasteiger partial charge in [-0.2, -0.15) is 0 Å². The highest BCUT2D eigenvalue weighted by atomic mass is 16.3. The number of benzene rings is 1. The van der Waals surface area contributed by atoms with Crippen LogP contribution in [0, 0.1) is 5.92 Å². The molecule has 5 heteroatoms. The zero-order valence-electron chi connectivity index (χ0n) is 15.6. The van der Waals surface area contributed by atoms with Gasteiger partial charge in [-0.3, -0.25) is 4.90 Å². The van der Waals surface area contributed by atoms with Crippen LogP contribution in [0.3, 0.4) is 0 Å². The van der Waals surface area contributed by atoms with E-state index in [9.17, 15) is 9.90 Å². The van der Waals surface area contributed by atoms with Gasteiger partial charge in [-0.25, -0.2) is 4.79 Å². The molecule has 0 bridgehead atoms. The van der Waals surface area contributed by atoms with Gasteiger partial charge in [-0.05, 0) is 49.4 Å². The number of hydrogen-bond acceptors (Lipinski definition) is 3. The van der Waals surface area contributed by atoms with Gasteiger partial charge in [-0.1, -0.05) is 44.5 Å². The van der Waals surface area contributed by atoms with Gasteiger partial charge >= 0.3 is 6.03 Å². The fourth-order valence-electron chi connectivity index (χ4n) is 3.40. The Morgan fingerprint density at radius 3 is 2.44 bits per heavy atom. The Bertz CT molecular complexity index is 514. The number of aliphatic hydroxyl groups excluding tert-OH is 1. The summed E-state index contributed by atoms with van der Waals surface area (Å²) in [5, 5.41) is 15.5. The second kappa shape index (κ2) is 10.4. The molecule has 1 aliphatic rings. The van der Waals surface area contributed by atoms with E-state index in [1.54, 1.807) is 0 Å². The lowest BCUT2D eigenvalue weighted by molar-refractivity contribution is 0.101. The van der Waals surface area contributed by atoms with E-state index in [2.05, 4.69) is 53.6 Å². The Kier molecular flexibility index (Phi) is 8.22. The third-order valence-corrected chi connectivity index (χ3v) is 5.08. The molecule has 1 aromatic carbocycles. The molecule has 0 aliphatic heterocycles. The zero-order valence-corrected chi connectivity index (χ0v) is 15.6. The standard InChI is InChI=1S/C20H33N3O2/c1-3-23(4-2)15-17-10-8-16(9-11-17)13-21-20(25)22-14-18-6-5-7-19(24)12-18/h8-11,18-19,24H,3-7,12-15H2,1-2H3,(H2,21,22,25). The molecule has 2 unspecified atom stereocenters. The summed E-state index contributed by atoms with van der Waals surface area (Å²) >= 11 is 0. The number of amides is 2. The van der Waals surface area contributed by atoms with Gasteiger partial charge < -0.3 is 15.7 Å². The van der Waals surface area contributed by atoms with E-state index in [-0.39, 0.29) is 12.1 Å². The molecular weight excluding hydrogens is 314 g/mol. The lowest BCUT2D eigenvalue weighted by Crippen LogP contribution is -2.39. The minimum absolute atomic E-state index is 0.132. The molecule has 0 saturated heterocycles. The number of carbonyl (C=O) groups excluding carboxylic acids is 1. The van der Waals surface area contributed by atoms with E-state index in [0.717, 1.165) is 50.9 Å². The zero-order chi connectivity index (χ0) is 18.1. The van der Waals surface area contributed by atoms with Gasteiger partial charge in [0.25, 0.3) is 0 Å². The van der Waals surface area contributed by atoms with E-state index >= 15 is 0 Å². The summed E-state index contributed by atoms with van der Waals surface area (Å²) in [5.74, 6) is 0.397. The molecule has 1 fully saturated rings. The average molecular weight is 348 g/mol. The highest BCUT2D eigenvalue weighted by Gasteiger charge is 2.20. The summed E-state index contributed by atoms with van der Waals surface area (Å²) in [6.45, 7) is 8.60. The minimum Gasteiger partial charge on any atom is -0.393 e. The first-order chi connectivity index (χ1) is 12.1. The Morgan fingerprint density at radius 1 is 1.12 bits per heavy atom. The molecule has 1 aromatic rings. The molecule has 1 saturated carbocycles. The molecule has 3 N–H and O–H groups in total. The first-order valence-corrected chi connectivity index (χ1v) is 9.60. The maximum Gasteiger partial charge on any atom is 0.315 e. The molecule has 2 rings (SSSR count). The Morgan fingerprint density at radius 2 is 1.80 bits per heavy atom. The molecule has 2 atom stereocenters. The van der Waals surface area contributed by atoms with Crippen LogP contribution < -0.4 is 10.6 Å². The topological polar surface area (TPSA) is 64.6 Å². The largest absolute Gasteiger partial charge is 0.393 e. The maximum atomic E-state index is 11.9. The van der Waals surface area contributed by atoms with Crippen molar-refractivity contribution in [3.05, 3.63) is 35.4 Å². The van der Waals surface area contributed by atoms with Crippen molar-refractivity contribution >= 4 is 6.03 Å². The van der Waals surface area contributed by atoms with Gasteiger partial charge in [0.1, 0.15) is 0 Å². The second-order valence-electron chi connectivity index (χ2n) is 7.03. The van der Waals surface area contributed by atoms with E-state index in [1.165, 1.54) is 5.56 Å². The lowest BCUT2D eigenvalue weighted by Gasteiger charge is -2.25. The molecule has 2 amide bonds. The maximum absolute atomic E-state index is 11.9. The summed E-state index contributed by atoms with van der Waals surface area (Å²) in [6.07, 6.45) is 3.64. The van der Waals surface area contributed by atoms with Crippen molar-refractivity contribution in [3.63, 3.8) is 0 Å². The highest BCUT2D eigenvalue weighted by molar-refractivity contribution is 5.73. The fraction of sp³-hybridized carbons (Fsp3) is 0.650. The lowest BCUT2D eigenvalue weighted by atomic mass is 9.87. The first kappa shape index (κ1) is 19.7. The molecule has 0 aromatic heterocycles. The third-order valence-electron chi connectivity index (χ3n) is 5.08. The Hall–Kier alpha value is -1.59. The Balaban J connectivity index is 1.68. The Labute approximate surface area is 151 Å². The van der Waals surface area contributed by atoms with Crippen LogP contribution in [0.1, 0.15) is 50.7 Å². The van der Waals surface area contributed by atoms with Gasteiger partial charge in [0, 0.05) is 19.6 Å². The molecule has 0 heterocycles. The van der Waals surface area contributed by atoms with Crippen LogP contribution in [0.4, 0.5) is 4.79 Å². The van der Waals surface area contributed by atoms with Crippen LogP contribution in [-0.4, -0.2) is 41.8 Å². The molecule has 1 aliphatic carbocycles. The molecule has 0 spiro atoms. The average Bonchev–Trinajstić information content (AvgIpc) is 2.63. The number of carbonyl (C=O) groups is 1. The predicted molar refractivity (Wildman–Crippen MR) is 101 cm³/mol. The monoisotopic (exact) mass is 347 g/mol. The van der Waals surface area contributed by atoms with Crippen molar-refractivity contribution in [2.45, 2.75) is 58.7 Å². The minimum atomic E-state index is -0.196. The van der Waals surface area contributed by atoms with E-state index in [1.807, 2.05) is 0 Å². The van der Waals surface area contributed by atoms with Crippen molar-refractivity contribution in [1.29, 1.82) is 0 Å². The quantitative estimate of drug-likeness (QED) is 0.677. The van der Waals surface area contributed by atoms with E-state index < -0.39 is 0 Å². The fourth-order valence-corrected chi connectivity index (χ4v) is 3.40. The number of nitrogens with zero attached hydrogens (tertiary/aromatic N) is 1. The number of aliphatic hydroxyl groups is 1. The summed E-state index contributed by atoms with van der Waals surface area (Å²) < 4.78 is 0. The van der Waals surface area contributed by atoms with Gasteiger partial charge in [0.05, 0.1) is 6.10 Å². The van der Waals surface area contributed by atoms with Gasteiger partial charge in [0.2, 0.25) is 0 Å². The number of urea groups is 1. The summed E-state index contributed by atoms with van der Waals surface area (Å²) in [5.41, 5.74) is 2.40. The highest BCUT2D eigenvalue weighted by Crippen LogP contribution is 2.23. The molecule has 0 radical (unpaired) electrons. The van der Waals surface area contributed by atoms with Crippen LogP contribution in [0.25, 0.3) is 0 Å². The predicted octanol–water partition coefficient (Wildman–Crippen LogP) is 2.88.